The largest absolute Gasteiger partial charge is 0.477 e. The summed E-state index contributed by atoms with van der Waals surface area (Å²) in [6, 6.07) is 0. The van der Waals surface area contributed by atoms with Crippen molar-refractivity contribution in [1.29, 1.82) is 0 Å². The number of alkyl carbamates (subject to hydrolysis) is 1. The Hall–Kier alpha value is -2.26. The van der Waals surface area contributed by atoms with Crippen molar-refractivity contribution in [2.45, 2.75) is 31.0 Å². The van der Waals surface area contributed by atoms with E-state index in [1.165, 1.54) is 0 Å². The molecule has 2 rings (SSSR count). The average molecular weight is 307 g/mol. The predicted molar refractivity (Wildman–Crippen MR) is 61.6 cm³/mol. The first-order valence-electron chi connectivity index (χ1n) is 6.02. The lowest BCUT2D eigenvalue weighted by molar-refractivity contribution is -0.161. The zero-order valence-corrected chi connectivity index (χ0v) is 10.7. The van der Waals surface area contributed by atoms with E-state index >= 15 is 0 Å². The zero-order valence-electron chi connectivity index (χ0n) is 10.7. The van der Waals surface area contributed by atoms with Gasteiger partial charge in [-0.3, -0.25) is 0 Å². The molecule has 1 heterocycles. The Bertz CT molecular complexity index is 551. The minimum absolute atomic E-state index is 0.165. The van der Waals surface area contributed by atoms with Crippen LogP contribution in [0.3, 0.4) is 0 Å². The number of aromatic carboxylic acids is 1. The number of carboxylic acid groups (broad SMARTS) is 1. The normalized spacial score (nSPS) is 16.9. The molecule has 1 aromatic rings. The Morgan fingerprint density at radius 3 is 2.57 bits per heavy atom. The van der Waals surface area contributed by atoms with Crippen molar-refractivity contribution in [3.8, 4) is 0 Å². The van der Waals surface area contributed by atoms with E-state index in [0.29, 0.717) is 12.8 Å². The lowest BCUT2D eigenvalue weighted by Crippen LogP contribution is -2.52. The number of nitrogens with one attached hydrogen (secondary N) is 2. The van der Waals surface area contributed by atoms with Crippen molar-refractivity contribution in [3.05, 3.63) is 17.7 Å². The Morgan fingerprint density at radius 2 is 2.14 bits per heavy atom. The van der Waals surface area contributed by atoms with Gasteiger partial charge in [-0.15, -0.1) is 0 Å². The summed E-state index contributed by atoms with van der Waals surface area (Å²) in [4.78, 5) is 28.6. The van der Waals surface area contributed by atoms with Gasteiger partial charge in [0.05, 0.1) is 6.20 Å². The van der Waals surface area contributed by atoms with Crippen molar-refractivity contribution in [2.75, 3.05) is 6.61 Å². The number of H-pyrrole nitrogens is 1. The zero-order chi connectivity index (χ0) is 15.7. The molecule has 1 aliphatic carbocycles. The highest BCUT2D eigenvalue weighted by Crippen LogP contribution is 2.39. The molecule has 0 saturated heterocycles. The quantitative estimate of drug-likeness (QED) is 0.786. The van der Waals surface area contributed by atoms with Gasteiger partial charge in [-0.2, -0.15) is 13.2 Å². The highest BCUT2D eigenvalue weighted by molar-refractivity contribution is 5.85. The summed E-state index contributed by atoms with van der Waals surface area (Å²) in [5, 5.41) is 11.1. The molecule has 1 fully saturated rings. The smallest absolute Gasteiger partial charge is 0.422 e. The van der Waals surface area contributed by atoms with Gasteiger partial charge in [-0.1, -0.05) is 0 Å². The van der Waals surface area contributed by atoms with Crippen molar-refractivity contribution in [1.82, 2.24) is 15.3 Å². The van der Waals surface area contributed by atoms with Gasteiger partial charge in [0.1, 0.15) is 17.1 Å². The lowest BCUT2D eigenvalue weighted by Gasteiger charge is -2.40. The third-order valence-electron chi connectivity index (χ3n) is 3.17. The summed E-state index contributed by atoms with van der Waals surface area (Å²) in [5.41, 5.74) is -1.17. The molecule has 1 aliphatic rings. The van der Waals surface area contributed by atoms with Crippen molar-refractivity contribution in [3.63, 3.8) is 0 Å². The summed E-state index contributed by atoms with van der Waals surface area (Å²) in [5.74, 6) is -1.03. The average Bonchev–Trinajstić information content (AvgIpc) is 2.80. The SMILES string of the molecule is O=C(NC1(c2ncc(C(=O)O)[nH]2)CCC1)OCC(F)(F)F. The van der Waals surface area contributed by atoms with Crippen LogP contribution in [-0.2, 0) is 10.3 Å². The maximum Gasteiger partial charge on any atom is 0.422 e. The monoisotopic (exact) mass is 307 g/mol. The molecule has 0 atom stereocenters. The number of carbonyl (C=O) groups excluding carboxylic acids is 1. The van der Waals surface area contributed by atoms with Crippen LogP contribution in [0.25, 0.3) is 0 Å². The number of halogens is 3. The molecule has 0 unspecified atom stereocenters. The Balaban J connectivity index is 2.04. The number of carbonyl (C=O) groups is 2. The van der Waals surface area contributed by atoms with E-state index in [0.717, 1.165) is 12.6 Å². The molecule has 10 heteroatoms. The van der Waals surface area contributed by atoms with E-state index in [1.807, 2.05) is 0 Å². The number of imidazole rings is 1. The number of rotatable bonds is 4. The van der Waals surface area contributed by atoms with Crippen molar-refractivity contribution in [2.24, 2.45) is 0 Å². The number of ether oxygens (including phenoxy) is 1. The van der Waals surface area contributed by atoms with Crippen LogP contribution in [0.15, 0.2) is 6.20 Å². The van der Waals surface area contributed by atoms with Gasteiger partial charge in [0.15, 0.2) is 6.61 Å². The molecule has 0 bridgehead atoms. The number of hydrogen-bond donors (Lipinski definition) is 3. The highest BCUT2D eigenvalue weighted by atomic mass is 19.4. The number of aromatic amines is 1. The summed E-state index contributed by atoms with van der Waals surface area (Å²) in [6.07, 6.45) is -3.16. The van der Waals surface area contributed by atoms with E-state index in [-0.39, 0.29) is 11.5 Å². The molecule has 3 N–H and O–H groups in total. The summed E-state index contributed by atoms with van der Waals surface area (Å²) in [7, 11) is 0. The summed E-state index contributed by atoms with van der Waals surface area (Å²) >= 11 is 0. The standard InChI is InChI=1S/C11H12F3N3O4/c12-11(13,14)5-21-9(20)17-10(2-1-3-10)8-15-4-6(16-8)7(18)19/h4H,1-3,5H2,(H,15,16)(H,17,20)(H,18,19). The molecule has 1 aromatic heterocycles. The number of amides is 1. The summed E-state index contributed by atoms with van der Waals surface area (Å²) in [6.45, 7) is -1.69. The minimum Gasteiger partial charge on any atom is -0.477 e. The second-order valence-corrected chi connectivity index (χ2v) is 4.70. The van der Waals surface area contributed by atoms with E-state index in [2.05, 4.69) is 20.0 Å². The topological polar surface area (TPSA) is 104 Å². The van der Waals surface area contributed by atoms with E-state index in [1.54, 1.807) is 0 Å². The summed E-state index contributed by atoms with van der Waals surface area (Å²) < 4.78 is 40.0. The number of alkyl halides is 3. The van der Waals surface area contributed by atoms with Gasteiger partial charge < -0.3 is 20.1 Å². The first-order chi connectivity index (χ1) is 9.72. The van der Waals surface area contributed by atoms with Gasteiger partial charge >= 0.3 is 18.2 Å². The molecule has 7 nitrogen and oxygen atoms in total. The Kier molecular flexibility index (Phi) is 3.79. The van der Waals surface area contributed by atoms with Crippen molar-refractivity contribution < 1.29 is 32.6 Å². The molecular weight excluding hydrogens is 295 g/mol. The fourth-order valence-corrected chi connectivity index (χ4v) is 2.00. The Labute approximate surface area is 116 Å². The number of nitrogens with zero attached hydrogens (tertiary/aromatic N) is 1. The molecule has 116 valence electrons. The van der Waals surface area contributed by atoms with Gasteiger partial charge in [0.2, 0.25) is 0 Å². The van der Waals surface area contributed by atoms with Crippen LogP contribution < -0.4 is 5.32 Å². The van der Waals surface area contributed by atoms with Gasteiger partial charge in [-0.25, -0.2) is 14.6 Å². The first kappa shape index (κ1) is 15.1. The van der Waals surface area contributed by atoms with Gasteiger partial charge in [-0.05, 0) is 19.3 Å². The maximum absolute atomic E-state index is 12.0. The molecule has 21 heavy (non-hydrogen) atoms. The van der Waals surface area contributed by atoms with Crippen LogP contribution in [0, 0.1) is 0 Å². The van der Waals surface area contributed by atoms with E-state index in [9.17, 15) is 22.8 Å². The van der Waals surface area contributed by atoms with Crippen LogP contribution >= 0.6 is 0 Å². The van der Waals surface area contributed by atoms with Crippen LogP contribution in [0.1, 0.15) is 35.6 Å². The van der Waals surface area contributed by atoms with Gasteiger partial charge in [0, 0.05) is 0 Å². The predicted octanol–water partition coefficient (Wildman–Crippen LogP) is 1.78. The second kappa shape index (κ2) is 5.26. The molecule has 1 saturated carbocycles. The second-order valence-electron chi connectivity index (χ2n) is 4.70. The van der Waals surface area contributed by atoms with Gasteiger partial charge in [0.25, 0.3) is 0 Å². The molecule has 0 aromatic carbocycles. The Morgan fingerprint density at radius 1 is 1.48 bits per heavy atom. The number of hydrogen-bond acceptors (Lipinski definition) is 4. The van der Waals surface area contributed by atoms with Crippen LogP contribution in [0.4, 0.5) is 18.0 Å². The van der Waals surface area contributed by atoms with Crippen LogP contribution in [0.2, 0.25) is 0 Å². The van der Waals surface area contributed by atoms with E-state index in [4.69, 9.17) is 5.11 Å². The number of carboxylic acids is 1. The maximum atomic E-state index is 12.0. The number of aromatic nitrogens is 2. The molecule has 0 radical (unpaired) electrons. The fraction of sp³-hybridized carbons (Fsp3) is 0.545. The van der Waals surface area contributed by atoms with Crippen LogP contribution in [-0.4, -0.2) is 39.9 Å². The lowest BCUT2D eigenvalue weighted by atomic mass is 9.76. The minimum atomic E-state index is -4.61. The molecular formula is C11H12F3N3O4. The fourth-order valence-electron chi connectivity index (χ4n) is 2.00. The molecule has 0 aliphatic heterocycles. The highest BCUT2D eigenvalue weighted by Gasteiger charge is 2.44. The molecule has 0 spiro atoms. The third-order valence-corrected chi connectivity index (χ3v) is 3.17. The van der Waals surface area contributed by atoms with Crippen molar-refractivity contribution >= 4 is 12.1 Å². The first-order valence-corrected chi connectivity index (χ1v) is 6.02. The van der Waals surface area contributed by atoms with E-state index < -0.39 is 30.4 Å². The molecule has 1 amide bonds. The third kappa shape index (κ3) is 3.44. The van der Waals surface area contributed by atoms with Crippen LogP contribution in [0.5, 0.6) is 0 Å².